The lowest BCUT2D eigenvalue weighted by atomic mass is 10.3. The highest BCUT2D eigenvalue weighted by atomic mass is 79.9. The molecule has 0 atom stereocenters. The van der Waals surface area contributed by atoms with Crippen molar-refractivity contribution < 1.29 is 16.8 Å². The minimum Gasteiger partial charge on any atom is -0.399 e. The first-order chi connectivity index (χ1) is 8.72. The smallest absolute Gasteiger partial charge is 0.244 e. The van der Waals surface area contributed by atoms with Crippen molar-refractivity contribution in [2.75, 3.05) is 30.3 Å². The summed E-state index contributed by atoms with van der Waals surface area (Å²) < 4.78 is 49.1. The van der Waals surface area contributed by atoms with Crippen LogP contribution in [-0.4, -0.2) is 45.7 Å². The van der Waals surface area contributed by atoms with Crippen LogP contribution in [0.25, 0.3) is 0 Å². The Balaban J connectivity index is 2.36. The fraction of sp³-hybridized carbons (Fsp3) is 0.400. The van der Waals surface area contributed by atoms with Crippen LogP contribution < -0.4 is 5.73 Å². The molecule has 1 aromatic rings. The molecule has 0 aromatic heterocycles. The molecule has 1 aromatic carbocycles. The molecule has 0 radical (unpaired) electrons. The van der Waals surface area contributed by atoms with Crippen LogP contribution in [0.1, 0.15) is 0 Å². The maximum Gasteiger partial charge on any atom is 0.244 e. The molecule has 1 aliphatic rings. The van der Waals surface area contributed by atoms with Crippen molar-refractivity contribution in [2.45, 2.75) is 4.90 Å². The summed E-state index contributed by atoms with van der Waals surface area (Å²) in [7, 11) is -6.84. The maximum absolute atomic E-state index is 12.4. The van der Waals surface area contributed by atoms with Gasteiger partial charge in [-0.15, -0.1) is 0 Å². The normalized spacial score (nSPS) is 20.3. The van der Waals surface area contributed by atoms with Gasteiger partial charge in [-0.1, -0.05) is 0 Å². The fourth-order valence-electron chi connectivity index (χ4n) is 1.79. The zero-order valence-corrected chi connectivity index (χ0v) is 13.1. The summed E-state index contributed by atoms with van der Waals surface area (Å²) in [6.45, 7) is -0.0438. The molecule has 6 nitrogen and oxygen atoms in total. The average Bonchev–Trinajstić information content (AvgIpc) is 2.31. The van der Waals surface area contributed by atoms with Crippen LogP contribution in [-0.2, 0) is 19.9 Å². The number of hydrogen-bond donors (Lipinski definition) is 1. The third-order valence-electron chi connectivity index (χ3n) is 2.88. The minimum absolute atomic E-state index is 0.0219. The molecular weight excluding hydrogens is 356 g/mol. The monoisotopic (exact) mass is 368 g/mol. The molecule has 1 heterocycles. The Morgan fingerprint density at radius 2 is 1.79 bits per heavy atom. The SMILES string of the molecule is Nc1ccc(Br)c(S(=O)(=O)N2CCS(=O)(=O)CC2)c1. The number of halogens is 1. The van der Waals surface area contributed by atoms with E-state index in [9.17, 15) is 16.8 Å². The van der Waals surface area contributed by atoms with Crippen molar-refractivity contribution in [1.29, 1.82) is 0 Å². The predicted molar refractivity (Wildman–Crippen MR) is 76.0 cm³/mol. The molecule has 0 saturated carbocycles. The van der Waals surface area contributed by atoms with E-state index in [0.717, 1.165) is 0 Å². The van der Waals surface area contributed by atoms with Gasteiger partial charge in [-0.25, -0.2) is 16.8 Å². The third kappa shape index (κ3) is 3.10. The zero-order valence-electron chi connectivity index (χ0n) is 9.91. The van der Waals surface area contributed by atoms with Gasteiger partial charge in [0.1, 0.15) is 0 Å². The molecule has 0 amide bonds. The summed E-state index contributed by atoms with van der Waals surface area (Å²) in [4.78, 5) is 0.0618. The first-order valence-corrected chi connectivity index (χ1v) is 9.53. The van der Waals surface area contributed by atoms with Gasteiger partial charge in [0.25, 0.3) is 0 Å². The van der Waals surface area contributed by atoms with Gasteiger partial charge in [-0.3, -0.25) is 0 Å². The Hall–Kier alpha value is -0.640. The molecule has 1 saturated heterocycles. The Bertz CT molecular complexity index is 686. The van der Waals surface area contributed by atoms with Gasteiger partial charge in [-0.2, -0.15) is 4.31 Å². The molecule has 2 N–H and O–H groups in total. The van der Waals surface area contributed by atoms with Crippen molar-refractivity contribution in [3.8, 4) is 0 Å². The second-order valence-corrected chi connectivity index (χ2v) is 9.31. The summed E-state index contributed by atoms with van der Waals surface area (Å²) in [5.74, 6) is -0.293. The Labute approximate surface area is 120 Å². The first-order valence-electron chi connectivity index (χ1n) is 5.48. The number of sulfonamides is 1. The van der Waals surface area contributed by atoms with E-state index in [0.29, 0.717) is 10.2 Å². The molecule has 106 valence electrons. The summed E-state index contributed by atoms with van der Waals surface area (Å²) in [5, 5.41) is 0. The van der Waals surface area contributed by atoms with E-state index >= 15 is 0 Å². The maximum atomic E-state index is 12.4. The van der Waals surface area contributed by atoms with Crippen LogP contribution in [0.2, 0.25) is 0 Å². The van der Waals surface area contributed by atoms with Crippen LogP contribution in [0.4, 0.5) is 5.69 Å². The molecule has 2 rings (SSSR count). The number of nitrogen functional groups attached to an aromatic ring is 1. The lowest BCUT2D eigenvalue weighted by Gasteiger charge is -2.26. The van der Waals surface area contributed by atoms with Gasteiger partial charge in [-0.05, 0) is 34.1 Å². The van der Waals surface area contributed by atoms with Crippen molar-refractivity contribution in [3.63, 3.8) is 0 Å². The lowest BCUT2D eigenvalue weighted by molar-refractivity contribution is 0.430. The van der Waals surface area contributed by atoms with E-state index in [-0.39, 0.29) is 29.5 Å². The summed E-state index contributed by atoms with van der Waals surface area (Å²) in [6.07, 6.45) is 0. The molecule has 0 aliphatic carbocycles. The number of hydrogen-bond acceptors (Lipinski definition) is 5. The van der Waals surface area contributed by atoms with Gasteiger partial charge in [0.2, 0.25) is 10.0 Å². The second-order valence-electron chi connectivity index (χ2n) is 4.25. The second kappa shape index (κ2) is 5.04. The topological polar surface area (TPSA) is 97.5 Å². The zero-order chi connectivity index (χ0) is 14.3. The lowest BCUT2D eigenvalue weighted by Crippen LogP contribution is -2.43. The van der Waals surface area contributed by atoms with Gasteiger partial charge in [0.05, 0.1) is 16.4 Å². The largest absolute Gasteiger partial charge is 0.399 e. The summed E-state index contributed by atoms with van der Waals surface area (Å²) in [6, 6.07) is 4.51. The molecule has 1 aliphatic heterocycles. The van der Waals surface area contributed by atoms with E-state index in [2.05, 4.69) is 15.9 Å². The number of nitrogens with zero attached hydrogens (tertiary/aromatic N) is 1. The highest BCUT2D eigenvalue weighted by Crippen LogP contribution is 2.27. The van der Waals surface area contributed by atoms with Crippen LogP contribution in [0.3, 0.4) is 0 Å². The van der Waals surface area contributed by atoms with E-state index in [1.165, 1.54) is 10.4 Å². The standard InChI is InChI=1S/C10H13BrN2O4S2/c11-9-2-1-8(12)7-10(9)19(16,17)13-3-5-18(14,15)6-4-13/h1-2,7H,3-6,12H2. The number of benzene rings is 1. The number of rotatable bonds is 2. The van der Waals surface area contributed by atoms with Gasteiger partial charge >= 0.3 is 0 Å². The predicted octanol–water partition coefficient (Wildman–Crippen LogP) is 0.450. The highest BCUT2D eigenvalue weighted by Gasteiger charge is 2.32. The quantitative estimate of drug-likeness (QED) is 0.764. The Morgan fingerprint density at radius 3 is 2.37 bits per heavy atom. The van der Waals surface area contributed by atoms with E-state index in [1.54, 1.807) is 12.1 Å². The van der Waals surface area contributed by atoms with E-state index in [1.807, 2.05) is 0 Å². The summed E-state index contributed by atoms with van der Waals surface area (Å²) in [5.41, 5.74) is 5.94. The minimum atomic E-state index is -3.72. The van der Waals surface area contributed by atoms with Crippen molar-refractivity contribution in [1.82, 2.24) is 4.31 Å². The molecular formula is C10H13BrN2O4S2. The first kappa shape index (κ1) is 14.8. The van der Waals surface area contributed by atoms with Crippen molar-refractivity contribution in [3.05, 3.63) is 22.7 Å². The molecule has 0 bridgehead atoms. The van der Waals surface area contributed by atoms with Crippen LogP contribution in [0.5, 0.6) is 0 Å². The molecule has 9 heteroatoms. The average molecular weight is 369 g/mol. The molecule has 0 unspecified atom stereocenters. The Morgan fingerprint density at radius 1 is 1.21 bits per heavy atom. The van der Waals surface area contributed by atoms with Gasteiger partial charge in [0.15, 0.2) is 9.84 Å². The molecule has 0 spiro atoms. The van der Waals surface area contributed by atoms with Crippen LogP contribution in [0, 0.1) is 0 Å². The fourth-order valence-corrected chi connectivity index (χ4v) is 5.63. The number of anilines is 1. The van der Waals surface area contributed by atoms with Crippen molar-refractivity contribution in [2.24, 2.45) is 0 Å². The van der Waals surface area contributed by atoms with Gasteiger partial charge < -0.3 is 5.73 Å². The Kier molecular flexibility index (Phi) is 3.92. The number of sulfone groups is 1. The van der Waals surface area contributed by atoms with Crippen LogP contribution >= 0.6 is 15.9 Å². The summed E-state index contributed by atoms with van der Waals surface area (Å²) >= 11 is 3.18. The third-order valence-corrected chi connectivity index (χ3v) is 7.38. The molecule has 1 fully saturated rings. The van der Waals surface area contributed by atoms with Gasteiger partial charge in [0, 0.05) is 23.2 Å². The van der Waals surface area contributed by atoms with E-state index in [4.69, 9.17) is 5.73 Å². The highest BCUT2D eigenvalue weighted by molar-refractivity contribution is 9.10. The van der Waals surface area contributed by atoms with E-state index < -0.39 is 19.9 Å². The number of nitrogens with two attached hydrogens (primary N) is 1. The molecule has 19 heavy (non-hydrogen) atoms. The van der Waals surface area contributed by atoms with Crippen molar-refractivity contribution >= 4 is 41.5 Å². The van der Waals surface area contributed by atoms with Crippen LogP contribution in [0.15, 0.2) is 27.6 Å².